The van der Waals surface area contributed by atoms with Crippen LogP contribution in [0.1, 0.15) is 18.4 Å². The van der Waals surface area contributed by atoms with Gasteiger partial charge < -0.3 is 20.7 Å². The third kappa shape index (κ3) is 6.77. The van der Waals surface area contributed by atoms with Crippen LogP contribution in [0.3, 0.4) is 0 Å². The lowest BCUT2D eigenvalue weighted by Gasteiger charge is -2.24. The molecule has 27 heavy (non-hydrogen) atoms. The van der Waals surface area contributed by atoms with E-state index in [1.807, 2.05) is 24.3 Å². The Bertz CT molecular complexity index is 670. The molecule has 0 fully saturated rings. The van der Waals surface area contributed by atoms with E-state index in [0.717, 1.165) is 30.8 Å². The SMILES string of the molecule is C[Si](C)(CCCOc1ccc(CCC(N)(CO)CO)cc1)c1ccccc1. The van der Waals surface area contributed by atoms with Gasteiger partial charge in [-0.3, -0.25) is 0 Å². The maximum absolute atomic E-state index is 9.26. The summed E-state index contributed by atoms with van der Waals surface area (Å²) < 4.78 is 5.90. The topological polar surface area (TPSA) is 75.7 Å². The molecule has 0 aromatic heterocycles. The van der Waals surface area contributed by atoms with Gasteiger partial charge in [-0.05, 0) is 37.0 Å². The zero-order valence-corrected chi connectivity index (χ0v) is 17.5. The van der Waals surface area contributed by atoms with Crippen LogP contribution in [0.15, 0.2) is 54.6 Å². The Balaban J connectivity index is 1.75. The maximum Gasteiger partial charge on any atom is 0.119 e. The van der Waals surface area contributed by atoms with Crippen molar-refractivity contribution in [3.63, 3.8) is 0 Å². The van der Waals surface area contributed by atoms with Crippen LogP contribution in [0.25, 0.3) is 0 Å². The maximum atomic E-state index is 9.26. The first-order valence-corrected chi connectivity index (χ1v) is 12.9. The van der Waals surface area contributed by atoms with Gasteiger partial charge in [0.05, 0.1) is 33.4 Å². The second-order valence-electron chi connectivity index (χ2n) is 8.02. The average molecular weight is 388 g/mol. The number of aryl methyl sites for hydroxylation is 1. The molecule has 0 saturated carbocycles. The summed E-state index contributed by atoms with van der Waals surface area (Å²) in [5.41, 5.74) is 6.12. The Morgan fingerprint density at radius 3 is 2.19 bits per heavy atom. The van der Waals surface area contributed by atoms with Gasteiger partial charge in [-0.25, -0.2) is 0 Å². The lowest BCUT2D eigenvalue weighted by atomic mass is 9.94. The summed E-state index contributed by atoms with van der Waals surface area (Å²) in [5.74, 6) is 0.876. The van der Waals surface area contributed by atoms with Crippen molar-refractivity contribution in [2.75, 3.05) is 19.8 Å². The van der Waals surface area contributed by atoms with Crippen LogP contribution in [-0.4, -0.2) is 43.6 Å². The van der Waals surface area contributed by atoms with Gasteiger partial charge >= 0.3 is 0 Å². The minimum atomic E-state index is -1.40. The first-order valence-electron chi connectivity index (χ1n) is 9.66. The van der Waals surface area contributed by atoms with Crippen LogP contribution in [0, 0.1) is 0 Å². The van der Waals surface area contributed by atoms with E-state index in [2.05, 4.69) is 43.4 Å². The van der Waals surface area contributed by atoms with Crippen molar-refractivity contribution in [2.45, 2.75) is 43.9 Å². The highest BCUT2D eigenvalue weighted by Crippen LogP contribution is 2.18. The highest BCUT2D eigenvalue weighted by atomic mass is 28.3. The molecule has 0 spiro atoms. The fraction of sp³-hybridized carbons (Fsp3) is 0.455. The van der Waals surface area contributed by atoms with E-state index in [-0.39, 0.29) is 13.2 Å². The van der Waals surface area contributed by atoms with Crippen LogP contribution in [0.5, 0.6) is 5.75 Å². The molecule has 4 N–H and O–H groups in total. The van der Waals surface area contributed by atoms with Crippen molar-refractivity contribution in [1.29, 1.82) is 0 Å². The van der Waals surface area contributed by atoms with Gasteiger partial charge in [-0.1, -0.05) is 66.8 Å². The fourth-order valence-electron chi connectivity index (χ4n) is 3.09. The van der Waals surface area contributed by atoms with E-state index >= 15 is 0 Å². The molecule has 0 bridgehead atoms. The Labute approximate surface area is 164 Å². The van der Waals surface area contributed by atoms with Crippen LogP contribution < -0.4 is 15.7 Å². The van der Waals surface area contributed by atoms with Crippen molar-refractivity contribution in [1.82, 2.24) is 0 Å². The molecule has 5 heteroatoms. The number of hydrogen-bond acceptors (Lipinski definition) is 4. The van der Waals surface area contributed by atoms with Crippen molar-refractivity contribution in [3.05, 3.63) is 60.2 Å². The lowest BCUT2D eigenvalue weighted by Crippen LogP contribution is -2.47. The van der Waals surface area contributed by atoms with E-state index in [0.29, 0.717) is 6.42 Å². The minimum Gasteiger partial charge on any atom is -0.494 e. The number of aliphatic hydroxyl groups excluding tert-OH is 2. The van der Waals surface area contributed by atoms with Gasteiger partial charge in [0.1, 0.15) is 5.75 Å². The first kappa shape index (κ1) is 21.6. The van der Waals surface area contributed by atoms with Gasteiger partial charge in [-0.15, -0.1) is 0 Å². The molecule has 0 aliphatic carbocycles. The number of hydrogen-bond donors (Lipinski definition) is 3. The molecule has 4 nitrogen and oxygen atoms in total. The predicted octanol–water partition coefficient (Wildman–Crippen LogP) is 2.69. The first-order chi connectivity index (χ1) is 12.9. The summed E-state index contributed by atoms with van der Waals surface area (Å²) in [4.78, 5) is 0. The summed E-state index contributed by atoms with van der Waals surface area (Å²) >= 11 is 0. The Morgan fingerprint density at radius 1 is 0.963 bits per heavy atom. The molecular formula is C22H33NO3Si. The van der Waals surface area contributed by atoms with Crippen LogP contribution in [-0.2, 0) is 6.42 Å². The fourth-order valence-corrected chi connectivity index (χ4v) is 5.50. The number of aliphatic hydroxyl groups is 2. The molecule has 2 rings (SSSR count). The monoisotopic (exact) mass is 387 g/mol. The molecule has 0 amide bonds. The Morgan fingerprint density at radius 2 is 1.59 bits per heavy atom. The molecule has 0 radical (unpaired) electrons. The van der Waals surface area contributed by atoms with E-state index in [1.165, 1.54) is 11.2 Å². The van der Waals surface area contributed by atoms with Crippen LogP contribution >= 0.6 is 0 Å². The van der Waals surface area contributed by atoms with Crippen molar-refractivity contribution in [2.24, 2.45) is 5.73 Å². The quantitative estimate of drug-likeness (QED) is 0.409. The summed E-state index contributed by atoms with van der Waals surface area (Å²) in [5, 5.41) is 20.0. The molecule has 0 heterocycles. The number of nitrogens with two attached hydrogens (primary N) is 1. The third-order valence-electron chi connectivity index (χ3n) is 5.23. The smallest absolute Gasteiger partial charge is 0.119 e. The molecule has 0 aliphatic rings. The van der Waals surface area contributed by atoms with Gasteiger partial charge in [0.25, 0.3) is 0 Å². The largest absolute Gasteiger partial charge is 0.494 e. The number of rotatable bonds is 11. The third-order valence-corrected chi connectivity index (χ3v) is 8.73. The van der Waals surface area contributed by atoms with Gasteiger partial charge in [0.15, 0.2) is 0 Å². The molecule has 2 aromatic rings. The minimum absolute atomic E-state index is 0.215. The van der Waals surface area contributed by atoms with Crippen LogP contribution in [0.4, 0.5) is 0 Å². The molecule has 0 atom stereocenters. The summed E-state index contributed by atoms with van der Waals surface area (Å²) in [6, 6.07) is 20.0. The zero-order valence-electron chi connectivity index (χ0n) is 16.5. The molecule has 2 aromatic carbocycles. The molecule has 148 valence electrons. The van der Waals surface area contributed by atoms with Crippen molar-refractivity contribution >= 4 is 13.3 Å². The highest BCUT2D eigenvalue weighted by molar-refractivity contribution is 6.89. The van der Waals surface area contributed by atoms with Crippen LogP contribution in [0.2, 0.25) is 19.1 Å². The second-order valence-corrected chi connectivity index (χ2v) is 12.9. The van der Waals surface area contributed by atoms with Gasteiger partial charge in [0.2, 0.25) is 0 Å². The van der Waals surface area contributed by atoms with Gasteiger partial charge in [-0.2, -0.15) is 0 Å². The summed E-state index contributed by atoms with van der Waals surface area (Å²) in [7, 11) is -1.40. The number of benzene rings is 2. The van der Waals surface area contributed by atoms with E-state index in [1.54, 1.807) is 0 Å². The normalized spacial score (nSPS) is 12.2. The van der Waals surface area contributed by atoms with E-state index in [4.69, 9.17) is 10.5 Å². The second kappa shape index (κ2) is 10.0. The molecular weight excluding hydrogens is 354 g/mol. The van der Waals surface area contributed by atoms with E-state index in [9.17, 15) is 10.2 Å². The Kier molecular flexibility index (Phi) is 8.04. The molecule has 0 saturated heterocycles. The zero-order chi connectivity index (χ0) is 19.8. The average Bonchev–Trinajstić information content (AvgIpc) is 2.71. The van der Waals surface area contributed by atoms with E-state index < -0.39 is 13.6 Å². The molecule has 0 unspecified atom stereocenters. The van der Waals surface area contributed by atoms with Gasteiger partial charge in [0, 0.05) is 0 Å². The summed E-state index contributed by atoms with van der Waals surface area (Å²) in [6.45, 7) is 5.12. The van der Waals surface area contributed by atoms with Crippen molar-refractivity contribution in [3.8, 4) is 5.75 Å². The Hall–Kier alpha value is -1.66. The summed E-state index contributed by atoms with van der Waals surface area (Å²) in [6.07, 6.45) is 2.31. The molecule has 0 aliphatic heterocycles. The standard InChI is InChI=1S/C22H33NO3Si/c1-27(2,21-7-4-3-5-8-21)16-6-15-26-20-11-9-19(10-12-20)13-14-22(23,17-24)18-25/h3-5,7-12,24-25H,6,13-18,23H2,1-2H3. The lowest BCUT2D eigenvalue weighted by molar-refractivity contribution is 0.115. The van der Waals surface area contributed by atoms with Crippen molar-refractivity contribution < 1.29 is 14.9 Å². The predicted molar refractivity (Wildman–Crippen MR) is 114 cm³/mol. The number of ether oxygens (including phenoxy) is 1. The highest BCUT2D eigenvalue weighted by Gasteiger charge is 2.23.